The van der Waals surface area contributed by atoms with Crippen LogP contribution >= 0.6 is 11.3 Å². The van der Waals surface area contributed by atoms with Gasteiger partial charge in [-0.1, -0.05) is 36.4 Å². The summed E-state index contributed by atoms with van der Waals surface area (Å²) in [7, 11) is 0. The van der Waals surface area contributed by atoms with E-state index in [-0.39, 0.29) is 5.91 Å². The Hall–Kier alpha value is -2.86. The van der Waals surface area contributed by atoms with Gasteiger partial charge in [0.05, 0.1) is 12.1 Å². The van der Waals surface area contributed by atoms with Crippen molar-refractivity contribution in [1.82, 2.24) is 9.88 Å². The molecule has 3 rings (SSSR count). The fourth-order valence-corrected chi connectivity index (χ4v) is 3.71. The lowest BCUT2D eigenvalue weighted by molar-refractivity contribution is -0.129. The maximum absolute atomic E-state index is 12.6. The fraction of sp³-hybridized carbons (Fsp3) is 0.273. The second-order valence-corrected chi connectivity index (χ2v) is 7.73. The van der Waals surface area contributed by atoms with Crippen LogP contribution in [0.2, 0.25) is 0 Å². The highest BCUT2D eigenvalue weighted by Gasteiger charge is 2.22. The van der Waals surface area contributed by atoms with Gasteiger partial charge in [-0.2, -0.15) is 0 Å². The fourth-order valence-electron chi connectivity index (χ4n) is 3.02. The summed E-state index contributed by atoms with van der Waals surface area (Å²) in [6, 6.07) is 15.5. The van der Waals surface area contributed by atoms with Gasteiger partial charge in [0.1, 0.15) is 0 Å². The van der Waals surface area contributed by atoms with Crippen LogP contribution in [-0.2, 0) is 22.6 Å². The largest absolute Gasteiger partial charge is 0.449 e. The van der Waals surface area contributed by atoms with Gasteiger partial charge in [-0.05, 0) is 43.8 Å². The molecule has 0 saturated carbocycles. The first kappa shape index (κ1) is 19.9. The van der Waals surface area contributed by atoms with E-state index in [0.717, 1.165) is 23.5 Å². The number of nitrogens with zero attached hydrogens (tertiary/aromatic N) is 1. The summed E-state index contributed by atoms with van der Waals surface area (Å²) in [6.07, 6.45) is -0.864. The minimum Gasteiger partial charge on any atom is -0.449 e. The van der Waals surface area contributed by atoms with E-state index in [2.05, 4.69) is 16.0 Å². The summed E-state index contributed by atoms with van der Waals surface area (Å²) in [5.41, 5.74) is 3.31. The maximum atomic E-state index is 12.6. The summed E-state index contributed by atoms with van der Waals surface area (Å²) >= 11 is 1.68. The number of ether oxygens (including phenoxy) is 1. The van der Waals surface area contributed by atoms with E-state index in [0.29, 0.717) is 12.1 Å². The van der Waals surface area contributed by atoms with Gasteiger partial charge >= 0.3 is 5.97 Å². The Balaban J connectivity index is 1.61. The number of amides is 1. The Bertz CT molecular complexity index is 946. The number of nitrogens with one attached hydrogen (secondary N) is 1. The molecule has 0 aliphatic rings. The quantitative estimate of drug-likeness (QED) is 0.612. The third-order valence-electron chi connectivity index (χ3n) is 4.65. The molecule has 0 bridgehead atoms. The smallest absolute Gasteiger partial charge is 0.340 e. The van der Waals surface area contributed by atoms with Crippen molar-refractivity contribution in [2.24, 2.45) is 0 Å². The number of aromatic nitrogens is 1. The van der Waals surface area contributed by atoms with E-state index in [1.165, 1.54) is 4.88 Å². The van der Waals surface area contributed by atoms with Gasteiger partial charge in [0, 0.05) is 22.8 Å². The van der Waals surface area contributed by atoms with Crippen molar-refractivity contribution in [3.63, 3.8) is 0 Å². The van der Waals surface area contributed by atoms with Gasteiger partial charge in [-0.15, -0.1) is 11.3 Å². The molecule has 0 radical (unpaired) electrons. The molecule has 0 unspecified atom stereocenters. The number of esters is 1. The van der Waals surface area contributed by atoms with Crippen LogP contribution in [0.15, 0.2) is 53.9 Å². The first-order chi connectivity index (χ1) is 13.5. The number of hydrogen-bond donors (Lipinski definition) is 1. The first-order valence-corrected chi connectivity index (χ1v) is 10.1. The predicted molar refractivity (Wildman–Crippen MR) is 110 cm³/mol. The highest BCUT2D eigenvalue weighted by Crippen LogP contribution is 2.20. The average Bonchev–Trinajstić information content (AvgIpc) is 3.30. The Labute approximate surface area is 169 Å². The molecule has 0 aliphatic carbocycles. The van der Waals surface area contributed by atoms with Crippen LogP contribution in [0.1, 0.15) is 39.1 Å². The summed E-state index contributed by atoms with van der Waals surface area (Å²) in [6.45, 7) is 6.57. The zero-order valence-corrected chi connectivity index (χ0v) is 17.1. The molecule has 1 atom stereocenters. The summed E-state index contributed by atoms with van der Waals surface area (Å²) in [4.78, 5) is 26.1. The standard InChI is InChI=1S/C22H24N2O3S/c1-15-12-20(16(2)24(15)14-19-10-7-11-28-19)22(26)27-17(3)21(25)23-13-18-8-5-4-6-9-18/h4-12,17H,13-14H2,1-3H3,(H,23,25)/t17-/m1/s1. The Morgan fingerprint density at radius 2 is 1.89 bits per heavy atom. The third-order valence-corrected chi connectivity index (χ3v) is 5.51. The number of carbonyl (C=O) groups is 2. The lowest BCUT2D eigenvalue weighted by Gasteiger charge is -2.14. The van der Waals surface area contributed by atoms with Crippen molar-refractivity contribution in [1.29, 1.82) is 0 Å². The molecule has 0 aliphatic heterocycles. The van der Waals surface area contributed by atoms with Gasteiger partial charge in [0.2, 0.25) is 0 Å². The SMILES string of the molecule is Cc1cc(C(=O)O[C@H](C)C(=O)NCc2ccccc2)c(C)n1Cc1cccs1. The van der Waals surface area contributed by atoms with Gasteiger partial charge in [-0.25, -0.2) is 4.79 Å². The molecule has 1 aromatic carbocycles. The normalized spacial score (nSPS) is 11.8. The van der Waals surface area contributed by atoms with Gasteiger partial charge in [-0.3, -0.25) is 4.79 Å². The number of thiophene rings is 1. The average molecular weight is 397 g/mol. The number of aryl methyl sites for hydroxylation is 1. The number of hydrogen-bond acceptors (Lipinski definition) is 4. The molecule has 2 aromatic heterocycles. The van der Waals surface area contributed by atoms with E-state index in [4.69, 9.17) is 4.74 Å². The summed E-state index contributed by atoms with van der Waals surface area (Å²) in [5, 5.41) is 4.83. The van der Waals surface area contributed by atoms with E-state index in [1.807, 2.05) is 61.7 Å². The van der Waals surface area contributed by atoms with Gasteiger partial charge in [0.25, 0.3) is 5.91 Å². The molecule has 6 heteroatoms. The van der Waals surface area contributed by atoms with Gasteiger partial charge < -0.3 is 14.6 Å². The second-order valence-electron chi connectivity index (χ2n) is 6.70. The van der Waals surface area contributed by atoms with E-state index < -0.39 is 12.1 Å². The molecule has 3 aromatic rings. The molecule has 2 heterocycles. The van der Waals surface area contributed by atoms with Crippen molar-refractivity contribution >= 4 is 23.2 Å². The van der Waals surface area contributed by atoms with Crippen LogP contribution < -0.4 is 5.32 Å². The maximum Gasteiger partial charge on any atom is 0.340 e. The number of carbonyl (C=O) groups excluding carboxylic acids is 2. The molecule has 146 valence electrons. The second kappa shape index (κ2) is 8.89. The minimum atomic E-state index is -0.864. The molecule has 1 N–H and O–H groups in total. The lowest BCUT2D eigenvalue weighted by Crippen LogP contribution is -2.35. The molecule has 0 saturated heterocycles. The highest BCUT2D eigenvalue weighted by molar-refractivity contribution is 7.09. The predicted octanol–water partition coefficient (Wildman–Crippen LogP) is 4.08. The van der Waals surface area contributed by atoms with Crippen LogP contribution in [0.25, 0.3) is 0 Å². The Morgan fingerprint density at radius 1 is 1.14 bits per heavy atom. The monoisotopic (exact) mass is 396 g/mol. The van der Waals surface area contributed by atoms with Crippen molar-refractivity contribution in [2.45, 2.75) is 40.0 Å². The van der Waals surface area contributed by atoms with Crippen LogP contribution in [0.4, 0.5) is 0 Å². The van der Waals surface area contributed by atoms with Gasteiger partial charge in [0.15, 0.2) is 6.10 Å². The topological polar surface area (TPSA) is 60.3 Å². The molecule has 5 nitrogen and oxygen atoms in total. The van der Waals surface area contributed by atoms with Crippen molar-refractivity contribution in [3.8, 4) is 0 Å². The minimum absolute atomic E-state index is 0.315. The molecule has 28 heavy (non-hydrogen) atoms. The Kier molecular flexibility index (Phi) is 6.31. The zero-order chi connectivity index (χ0) is 20.1. The lowest BCUT2D eigenvalue weighted by atomic mass is 10.2. The van der Waals surface area contributed by atoms with Crippen molar-refractivity contribution in [3.05, 3.63) is 81.3 Å². The van der Waals surface area contributed by atoms with Crippen LogP contribution in [0.5, 0.6) is 0 Å². The zero-order valence-electron chi connectivity index (χ0n) is 16.3. The summed E-state index contributed by atoms with van der Waals surface area (Å²) in [5.74, 6) is -0.794. The van der Waals surface area contributed by atoms with E-state index in [1.54, 1.807) is 18.3 Å². The highest BCUT2D eigenvalue weighted by atomic mass is 32.1. The third kappa shape index (κ3) is 4.70. The molecule has 0 spiro atoms. The summed E-state index contributed by atoms with van der Waals surface area (Å²) < 4.78 is 7.50. The van der Waals surface area contributed by atoms with Crippen LogP contribution in [0.3, 0.4) is 0 Å². The first-order valence-electron chi connectivity index (χ1n) is 9.17. The molecule has 1 amide bonds. The number of rotatable bonds is 7. The van der Waals surface area contributed by atoms with E-state index in [9.17, 15) is 9.59 Å². The molecule has 0 fully saturated rings. The number of benzene rings is 1. The van der Waals surface area contributed by atoms with E-state index >= 15 is 0 Å². The van der Waals surface area contributed by atoms with Crippen LogP contribution in [0, 0.1) is 13.8 Å². The molecular weight excluding hydrogens is 372 g/mol. The van der Waals surface area contributed by atoms with Crippen molar-refractivity contribution in [2.75, 3.05) is 0 Å². The van der Waals surface area contributed by atoms with Crippen molar-refractivity contribution < 1.29 is 14.3 Å². The Morgan fingerprint density at radius 3 is 2.57 bits per heavy atom. The van der Waals surface area contributed by atoms with Crippen LogP contribution in [-0.4, -0.2) is 22.5 Å². The molecular formula is C22H24N2O3S.